The fourth-order valence-corrected chi connectivity index (χ4v) is 4.56. The van der Waals surface area contributed by atoms with E-state index in [0.717, 1.165) is 11.2 Å². The van der Waals surface area contributed by atoms with Gasteiger partial charge in [-0.05, 0) is 56.7 Å². The number of rotatable bonds is 4. The number of thioether (sulfide) groups is 1. The summed E-state index contributed by atoms with van der Waals surface area (Å²) in [5, 5.41) is 4.82. The smallest absolute Gasteiger partial charge is 0.0204 e. The minimum absolute atomic E-state index is 0.474. The minimum atomic E-state index is 0.474. The van der Waals surface area contributed by atoms with Gasteiger partial charge in [0.2, 0.25) is 0 Å². The van der Waals surface area contributed by atoms with E-state index in [1.807, 2.05) is 0 Å². The van der Waals surface area contributed by atoms with Gasteiger partial charge in [0.05, 0.1) is 0 Å². The molecule has 2 atom stereocenters. The van der Waals surface area contributed by atoms with Crippen LogP contribution in [0.2, 0.25) is 0 Å². The average Bonchev–Trinajstić information content (AvgIpc) is 2.80. The molecule has 2 unspecified atom stereocenters. The summed E-state index contributed by atoms with van der Waals surface area (Å²) in [5.41, 5.74) is 0.474. The molecule has 0 aliphatic carbocycles. The van der Waals surface area contributed by atoms with E-state index in [0.29, 0.717) is 5.54 Å². The molecule has 2 rings (SSSR count). The fourth-order valence-electron chi connectivity index (χ4n) is 3.28. The molecule has 2 aliphatic heterocycles. The molecule has 0 bridgehead atoms. The lowest BCUT2D eigenvalue weighted by Crippen LogP contribution is -2.52. The van der Waals surface area contributed by atoms with Crippen molar-refractivity contribution in [1.29, 1.82) is 0 Å². The van der Waals surface area contributed by atoms with Gasteiger partial charge in [-0.15, -0.1) is 0 Å². The lowest BCUT2D eigenvalue weighted by atomic mass is 9.76. The number of hydrogen-bond acceptors (Lipinski definition) is 2. The summed E-state index contributed by atoms with van der Waals surface area (Å²) < 4.78 is 0. The first-order valence-corrected chi connectivity index (χ1v) is 8.14. The molecular formula is C14H27NS. The van der Waals surface area contributed by atoms with Crippen molar-refractivity contribution in [1.82, 2.24) is 5.32 Å². The molecule has 0 saturated carbocycles. The van der Waals surface area contributed by atoms with E-state index in [4.69, 9.17) is 0 Å². The van der Waals surface area contributed by atoms with Crippen LogP contribution in [0.5, 0.6) is 0 Å². The third kappa shape index (κ3) is 2.95. The Bertz CT molecular complexity index is 203. The summed E-state index contributed by atoms with van der Waals surface area (Å²) in [5.74, 6) is 2.20. The highest BCUT2D eigenvalue weighted by Crippen LogP contribution is 2.36. The Labute approximate surface area is 105 Å². The molecule has 2 saturated heterocycles. The van der Waals surface area contributed by atoms with Gasteiger partial charge in [-0.25, -0.2) is 0 Å². The summed E-state index contributed by atoms with van der Waals surface area (Å²) in [6.07, 6.45) is 9.99. The van der Waals surface area contributed by atoms with E-state index in [-0.39, 0.29) is 0 Å². The molecule has 94 valence electrons. The quantitative estimate of drug-likeness (QED) is 0.803. The lowest BCUT2D eigenvalue weighted by molar-refractivity contribution is 0.166. The van der Waals surface area contributed by atoms with E-state index in [2.05, 4.69) is 30.9 Å². The molecule has 1 N–H and O–H groups in total. The second kappa shape index (κ2) is 5.77. The first kappa shape index (κ1) is 12.8. The zero-order chi connectivity index (χ0) is 11.4. The van der Waals surface area contributed by atoms with Crippen molar-refractivity contribution < 1.29 is 0 Å². The van der Waals surface area contributed by atoms with Gasteiger partial charge in [-0.2, -0.15) is 11.8 Å². The maximum Gasteiger partial charge on any atom is 0.0204 e. The largest absolute Gasteiger partial charge is 0.311 e. The summed E-state index contributed by atoms with van der Waals surface area (Å²) in [7, 11) is 0. The standard InChI is InChI=1S/C14H27NS/c1-12(2)14(8-3-4-10-15-14)9-7-13-6-5-11-16-13/h12-13,15H,3-11H2,1-2H3. The van der Waals surface area contributed by atoms with Crippen molar-refractivity contribution in [3.8, 4) is 0 Å². The first-order chi connectivity index (χ1) is 7.73. The van der Waals surface area contributed by atoms with Crippen LogP contribution in [0.15, 0.2) is 0 Å². The van der Waals surface area contributed by atoms with Crippen LogP contribution in [-0.2, 0) is 0 Å². The summed E-state index contributed by atoms with van der Waals surface area (Å²) in [4.78, 5) is 0. The molecular weight excluding hydrogens is 214 g/mol. The number of nitrogens with one attached hydrogen (secondary N) is 1. The van der Waals surface area contributed by atoms with Crippen molar-refractivity contribution in [2.24, 2.45) is 5.92 Å². The predicted molar refractivity (Wildman–Crippen MR) is 74.1 cm³/mol. The molecule has 16 heavy (non-hydrogen) atoms. The average molecular weight is 241 g/mol. The van der Waals surface area contributed by atoms with Crippen molar-refractivity contribution in [3.05, 3.63) is 0 Å². The van der Waals surface area contributed by atoms with Crippen LogP contribution in [0.25, 0.3) is 0 Å². The molecule has 0 radical (unpaired) electrons. The topological polar surface area (TPSA) is 12.0 Å². The van der Waals surface area contributed by atoms with Crippen LogP contribution in [0.3, 0.4) is 0 Å². The number of piperidine rings is 1. The Hall–Kier alpha value is 0.310. The Morgan fingerprint density at radius 1 is 1.31 bits per heavy atom. The molecule has 0 aromatic carbocycles. The molecule has 0 spiro atoms. The van der Waals surface area contributed by atoms with Crippen LogP contribution < -0.4 is 5.32 Å². The van der Waals surface area contributed by atoms with Crippen molar-refractivity contribution in [3.63, 3.8) is 0 Å². The molecule has 2 aliphatic rings. The van der Waals surface area contributed by atoms with Crippen LogP contribution in [-0.4, -0.2) is 23.1 Å². The summed E-state index contributed by atoms with van der Waals surface area (Å²) >= 11 is 2.21. The monoisotopic (exact) mass is 241 g/mol. The normalized spacial score (nSPS) is 35.8. The summed E-state index contributed by atoms with van der Waals surface area (Å²) in [6, 6.07) is 0. The second-order valence-electron chi connectivity index (χ2n) is 5.87. The zero-order valence-electron chi connectivity index (χ0n) is 10.9. The zero-order valence-corrected chi connectivity index (χ0v) is 11.7. The molecule has 2 heteroatoms. The molecule has 2 fully saturated rings. The molecule has 0 amide bonds. The van der Waals surface area contributed by atoms with E-state index in [1.165, 1.54) is 57.2 Å². The Balaban J connectivity index is 1.86. The van der Waals surface area contributed by atoms with Crippen molar-refractivity contribution in [2.75, 3.05) is 12.3 Å². The SMILES string of the molecule is CC(C)C1(CCC2CCCS2)CCCCN1. The van der Waals surface area contributed by atoms with Gasteiger partial charge in [-0.3, -0.25) is 0 Å². The van der Waals surface area contributed by atoms with Crippen molar-refractivity contribution in [2.45, 2.75) is 69.6 Å². The summed E-state index contributed by atoms with van der Waals surface area (Å²) in [6.45, 7) is 6.05. The second-order valence-corrected chi connectivity index (χ2v) is 7.28. The van der Waals surface area contributed by atoms with Crippen molar-refractivity contribution >= 4 is 11.8 Å². The molecule has 2 heterocycles. The van der Waals surface area contributed by atoms with Crippen LogP contribution in [0, 0.1) is 5.92 Å². The highest BCUT2D eigenvalue weighted by molar-refractivity contribution is 8.00. The van der Waals surface area contributed by atoms with Gasteiger partial charge in [-0.1, -0.05) is 20.3 Å². The predicted octanol–water partition coefficient (Wildman–Crippen LogP) is 3.83. The maximum atomic E-state index is 3.85. The fraction of sp³-hybridized carbons (Fsp3) is 1.00. The van der Waals surface area contributed by atoms with E-state index in [1.54, 1.807) is 0 Å². The third-order valence-electron chi connectivity index (χ3n) is 4.57. The van der Waals surface area contributed by atoms with Crippen LogP contribution >= 0.6 is 11.8 Å². The minimum Gasteiger partial charge on any atom is -0.311 e. The van der Waals surface area contributed by atoms with E-state index < -0.39 is 0 Å². The van der Waals surface area contributed by atoms with Crippen LogP contribution in [0.4, 0.5) is 0 Å². The molecule has 0 aromatic rings. The maximum absolute atomic E-state index is 3.85. The van der Waals surface area contributed by atoms with Gasteiger partial charge < -0.3 is 5.32 Å². The van der Waals surface area contributed by atoms with Crippen LogP contribution in [0.1, 0.15) is 58.8 Å². The molecule has 0 aromatic heterocycles. The first-order valence-electron chi connectivity index (χ1n) is 7.09. The number of hydrogen-bond donors (Lipinski definition) is 1. The Morgan fingerprint density at radius 2 is 2.19 bits per heavy atom. The highest BCUT2D eigenvalue weighted by Gasteiger charge is 2.35. The highest BCUT2D eigenvalue weighted by atomic mass is 32.2. The van der Waals surface area contributed by atoms with Gasteiger partial charge in [0.1, 0.15) is 0 Å². The lowest BCUT2D eigenvalue weighted by Gasteiger charge is -2.42. The Morgan fingerprint density at radius 3 is 2.75 bits per heavy atom. The third-order valence-corrected chi connectivity index (χ3v) is 6.04. The Kier molecular flexibility index (Phi) is 4.60. The van der Waals surface area contributed by atoms with Gasteiger partial charge in [0.25, 0.3) is 0 Å². The molecule has 1 nitrogen and oxygen atoms in total. The van der Waals surface area contributed by atoms with Gasteiger partial charge in [0.15, 0.2) is 0 Å². The van der Waals surface area contributed by atoms with Gasteiger partial charge >= 0.3 is 0 Å². The van der Waals surface area contributed by atoms with E-state index in [9.17, 15) is 0 Å². The van der Waals surface area contributed by atoms with E-state index >= 15 is 0 Å². The van der Waals surface area contributed by atoms with Gasteiger partial charge in [0, 0.05) is 10.8 Å².